The number of nitrogens with zero attached hydrogens (tertiary/aromatic N) is 3. The monoisotopic (exact) mass is 180 g/mol. The standard InChI is InChI=1S/C7H8N4S/c1-12-7-9-4-5-2-3-6(8)11(5)10-7/h2-4H,8H2,1H3. The highest BCUT2D eigenvalue weighted by atomic mass is 32.2. The summed E-state index contributed by atoms with van der Waals surface area (Å²) in [7, 11) is 0. The number of nitrogen functional groups attached to an aromatic ring is 1. The van der Waals surface area contributed by atoms with Gasteiger partial charge in [-0.25, -0.2) is 9.50 Å². The van der Waals surface area contributed by atoms with E-state index < -0.39 is 0 Å². The van der Waals surface area contributed by atoms with E-state index in [1.165, 1.54) is 11.8 Å². The van der Waals surface area contributed by atoms with Crippen LogP contribution < -0.4 is 5.73 Å². The molecule has 0 saturated heterocycles. The normalized spacial score (nSPS) is 10.8. The molecule has 12 heavy (non-hydrogen) atoms. The van der Waals surface area contributed by atoms with E-state index in [1.54, 1.807) is 10.7 Å². The zero-order valence-electron chi connectivity index (χ0n) is 6.56. The maximum Gasteiger partial charge on any atom is 0.207 e. The third-order valence-electron chi connectivity index (χ3n) is 1.59. The number of nitrogens with two attached hydrogens (primary N) is 1. The number of hydrogen-bond acceptors (Lipinski definition) is 4. The Balaban J connectivity index is 2.71. The summed E-state index contributed by atoms with van der Waals surface area (Å²) in [4.78, 5) is 4.11. The molecule has 0 aliphatic carbocycles. The third kappa shape index (κ3) is 1.02. The van der Waals surface area contributed by atoms with Crippen molar-refractivity contribution in [2.75, 3.05) is 12.0 Å². The zero-order valence-corrected chi connectivity index (χ0v) is 7.38. The topological polar surface area (TPSA) is 56.2 Å². The number of aromatic nitrogens is 3. The molecular weight excluding hydrogens is 172 g/mol. The molecular formula is C7H8N4S. The highest BCUT2D eigenvalue weighted by molar-refractivity contribution is 7.98. The Morgan fingerprint density at radius 2 is 2.33 bits per heavy atom. The molecule has 2 rings (SSSR count). The Hall–Kier alpha value is -1.23. The van der Waals surface area contributed by atoms with E-state index in [9.17, 15) is 0 Å². The first kappa shape index (κ1) is 7.42. The van der Waals surface area contributed by atoms with Crippen LogP contribution in [0.15, 0.2) is 23.5 Å². The number of fused-ring (bicyclic) bond motifs is 1. The molecule has 2 aromatic heterocycles. The lowest BCUT2D eigenvalue weighted by molar-refractivity contribution is 0.806. The van der Waals surface area contributed by atoms with Gasteiger partial charge in [-0.1, -0.05) is 11.8 Å². The molecule has 0 aliphatic rings. The molecule has 0 amide bonds. The Bertz CT molecular complexity index is 409. The fourth-order valence-corrected chi connectivity index (χ4v) is 1.32. The van der Waals surface area contributed by atoms with Crippen LogP contribution in [0.2, 0.25) is 0 Å². The smallest absolute Gasteiger partial charge is 0.207 e. The van der Waals surface area contributed by atoms with Crippen molar-refractivity contribution in [3.05, 3.63) is 18.3 Å². The molecule has 2 N–H and O–H groups in total. The SMILES string of the molecule is CSc1ncc2ccc(N)n2n1. The summed E-state index contributed by atoms with van der Waals surface area (Å²) in [6, 6.07) is 3.70. The molecule has 2 heterocycles. The molecule has 0 aliphatic heterocycles. The van der Waals surface area contributed by atoms with Gasteiger partial charge in [-0.3, -0.25) is 0 Å². The lowest BCUT2D eigenvalue weighted by atomic mass is 10.5. The molecule has 0 fully saturated rings. The number of thioether (sulfide) groups is 1. The van der Waals surface area contributed by atoms with Crippen LogP contribution in [0.4, 0.5) is 5.82 Å². The van der Waals surface area contributed by atoms with Crippen LogP contribution in [-0.2, 0) is 0 Å². The van der Waals surface area contributed by atoms with E-state index in [2.05, 4.69) is 10.1 Å². The van der Waals surface area contributed by atoms with Gasteiger partial charge in [0, 0.05) is 0 Å². The molecule has 0 radical (unpaired) electrons. The van der Waals surface area contributed by atoms with Crippen LogP contribution in [0, 0.1) is 0 Å². The summed E-state index contributed by atoms with van der Waals surface area (Å²) in [5.41, 5.74) is 6.58. The van der Waals surface area contributed by atoms with Crippen molar-refractivity contribution in [2.45, 2.75) is 5.16 Å². The maximum atomic E-state index is 5.66. The Morgan fingerprint density at radius 3 is 3.08 bits per heavy atom. The molecule has 0 unspecified atom stereocenters. The summed E-state index contributed by atoms with van der Waals surface area (Å²) < 4.78 is 1.68. The van der Waals surface area contributed by atoms with Gasteiger partial charge in [0.05, 0.1) is 11.7 Å². The summed E-state index contributed by atoms with van der Waals surface area (Å²) in [5.74, 6) is 0.641. The first-order valence-corrected chi connectivity index (χ1v) is 4.68. The van der Waals surface area contributed by atoms with Crippen molar-refractivity contribution in [2.24, 2.45) is 0 Å². The first-order chi connectivity index (χ1) is 5.81. The second-order valence-electron chi connectivity index (χ2n) is 2.34. The predicted molar refractivity (Wildman–Crippen MR) is 49.2 cm³/mol. The van der Waals surface area contributed by atoms with Gasteiger partial charge >= 0.3 is 0 Å². The van der Waals surface area contributed by atoms with Crippen molar-refractivity contribution in [1.29, 1.82) is 0 Å². The van der Waals surface area contributed by atoms with Crippen molar-refractivity contribution in [3.8, 4) is 0 Å². The Labute approximate surface area is 73.8 Å². The molecule has 0 saturated carbocycles. The minimum absolute atomic E-state index is 0.641. The summed E-state index contributed by atoms with van der Waals surface area (Å²) in [6.07, 6.45) is 3.69. The molecule has 0 spiro atoms. The van der Waals surface area contributed by atoms with Gasteiger partial charge in [0.25, 0.3) is 0 Å². The first-order valence-electron chi connectivity index (χ1n) is 3.45. The van der Waals surface area contributed by atoms with Crippen LogP contribution >= 0.6 is 11.8 Å². The van der Waals surface area contributed by atoms with E-state index in [4.69, 9.17) is 5.73 Å². The average molecular weight is 180 g/mol. The van der Waals surface area contributed by atoms with E-state index in [0.29, 0.717) is 5.82 Å². The van der Waals surface area contributed by atoms with Crippen LogP contribution in [0.1, 0.15) is 0 Å². The molecule has 2 aromatic rings. The van der Waals surface area contributed by atoms with Crippen molar-refractivity contribution in [3.63, 3.8) is 0 Å². The average Bonchev–Trinajstić information content (AvgIpc) is 2.47. The highest BCUT2D eigenvalue weighted by Crippen LogP contribution is 2.12. The van der Waals surface area contributed by atoms with Gasteiger partial charge in [0.1, 0.15) is 5.82 Å². The van der Waals surface area contributed by atoms with Gasteiger partial charge in [0.2, 0.25) is 5.16 Å². The van der Waals surface area contributed by atoms with Crippen LogP contribution in [0.5, 0.6) is 0 Å². The van der Waals surface area contributed by atoms with Gasteiger partial charge in [0.15, 0.2) is 0 Å². The van der Waals surface area contributed by atoms with Crippen LogP contribution in [0.3, 0.4) is 0 Å². The minimum Gasteiger partial charge on any atom is -0.384 e. The molecule has 4 nitrogen and oxygen atoms in total. The minimum atomic E-state index is 0.641. The molecule has 0 bridgehead atoms. The number of rotatable bonds is 1. The van der Waals surface area contributed by atoms with Crippen molar-refractivity contribution >= 4 is 23.1 Å². The quantitative estimate of drug-likeness (QED) is 0.666. The van der Waals surface area contributed by atoms with E-state index in [1.807, 2.05) is 18.4 Å². The van der Waals surface area contributed by atoms with Crippen LogP contribution in [-0.4, -0.2) is 20.9 Å². The Kier molecular flexibility index (Phi) is 1.65. The number of anilines is 1. The van der Waals surface area contributed by atoms with E-state index in [0.717, 1.165) is 10.7 Å². The fraction of sp³-hybridized carbons (Fsp3) is 0.143. The largest absolute Gasteiger partial charge is 0.384 e. The van der Waals surface area contributed by atoms with Gasteiger partial charge in [-0.05, 0) is 18.4 Å². The van der Waals surface area contributed by atoms with Gasteiger partial charge < -0.3 is 5.73 Å². The van der Waals surface area contributed by atoms with E-state index >= 15 is 0 Å². The fourth-order valence-electron chi connectivity index (χ4n) is 1.00. The molecule has 62 valence electrons. The lowest BCUT2D eigenvalue weighted by Gasteiger charge is -1.97. The van der Waals surface area contributed by atoms with Gasteiger partial charge in [-0.2, -0.15) is 0 Å². The summed E-state index contributed by atoms with van der Waals surface area (Å²) >= 11 is 1.50. The summed E-state index contributed by atoms with van der Waals surface area (Å²) in [5, 5.41) is 4.92. The highest BCUT2D eigenvalue weighted by Gasteiger charge is 2.00. The lowest BCUT2D eigenvalue weighted by Crippen LogP contribution is -1.99. The predicted octanol–water partition coefficient (Wildman–Crippen LogP) is 1.03. The Morgan fingerprint density at radius 1 is 1.50 bits per heavy atom. The zero-order chi connectivity index (χ0) is 8.55. The van der Waals surface area contributed by atoms with E-state index in [-0.39, 0.29) is 0 Å². The molecule has 0 atom stereocenters. The van der Waals surface area contributed by atoms with Gasteiger partial charge in [-0.15, -0.1) is 5.10 Å². The second kappa shape index (κ2) is 2.67. The second-order valence-corrected chi connectivity index (χ2v) is 3.11. The number of hydrogen-bond donors (Lipinski definition) is 1. The molecule has 5 heteroatoms. The summed E-state index contributed by atoms with van der Waals surface area (Å²) in [6.45, 7) is 0. The van der Waals surface area contributed by atoms with Crippen molar-refractivity contribution in [1.82, 2.24) is 14.6 Å². The van der Waals surface area contributed by atoms with Crippen LogP contribution in [0.25, 0.3) is 5.52 Å². The molecule has 0 aromatic carbocycles. The van der Waals surface area contributed by atoms with Crippen molar-refractivity contribution < 1.29 is 0 Å². The maximum absolute atomic E-state index is 5.66. The third-order valence-corrected chi connectivity index (χ3v) is 2.14.